The molecule has 0 radical (unpaired) electrons. The van der Waals surface area contributed by atoms with Crippen LogP contribution in [0.15, 0.2) is 30.3 Å². The number of hydrogen-bond acceptors (Lipinski definition) is 3. The number of benzene rings is 1. The minimum Gasteiger partial charge on any atom is -0.377 e. The minimum atomic E-state index is -0.334. The van der Waals surface area contributed by atoms with Gasteiger partial charge in [0.15, 0.2) is 0 Å². The first kappa shape index (κ1) is 14.9. The second kappa shape index (κ2) is 8.01. The van der Waals surface area contributed by atoms with Crippen LogP contribution in [0, 0.1) is 5.92 Å². The second-order valence-electron chi connectivity index (χ2n) is 4.88. The summed E-state index contributed by atoms with van der Waals surface area (Å²) in [5.41, 5.74) is 6.93. The summed E-state index contributed by atoms with van der Waals surface area (Å²) in [6.45, 7) is 5.14. The predicted octanol–water partition coefficient (Wildman–Crippen LogP) is 2.54. The number of carbonyl (C=O) groups excluding carboxylic acids is 1. The fraction of sp³-hybridized carbons (Fsp3) is 0.533. The van der Waals surface area contributed by atoms with Crippen molar-refractivity contribution in [2.45, 2.75) is 39.3 Å². The molecule has 0 unspecified atom stereocenters. The molecule has 0 heterocycles. The van der Waals surface area contributed by atoms with Crippen LogP contribution in [0.5, 0.6) is 0 Å². The fourth-order valence-electron chi connectivity index (χ4n) is 1.65. The molecule has 0 bridgehead atoms. The van der Waals surface area contributed by atoms with Gasteiger partial charge in [-0.1, -0.05) is 44.2 Å². The molecule has 0 aromatic heterocycles. The van der Waals surface area contributed by atoms with Gasteiger partial charge in [0.1, 0.15) is 5.78 Å². The van der Waals surface area contributed by atoms with E-state index in [1.807, 2.05) is 44.2 Å². The van der Waals surface area contributed by atoms with Crippen molar-refractivity contribution < 1.29 is 9.53 Å². The minimum absolute atomic E-state index is 0.133. The van der Waals surface area contributed by atoms with E-state index in [9.17, 15) is 4.79 Å². The summed E-state index contributed by atoms with van der Waals surface area (Å²) in [7, 11) is 0. The first-order valence-corrected chi connectivity index (χ1v) is 6.51. The van der Waals surface area contributed by atoms with Gasteiger partial charge >= 0.3 is 0 Å². The normalized spacial score (nSPS) is 12.7. The summed E-state index contributed by atoms with van der Waals surface area (Å²) in [5.74, 6) is 0.344. The molecule has 0 aliphatic heterocycles. The summed E-state index contributed by atoms with van der Waals surface area (Å²) in [5, 5.41) is 0. The Morgan fingerprint density at radius 3 is 2.56 bits per heavy atom. The summed E-state index contributed by atoms with van der Waals surface area (Å²) >= 11 is 0. The predicted molar refractivity (Wildman–Crippen MR) is 73.2 cm³/mol. The SMILES string of the molecule is CC(C)[C@@H](N)C(=O)CCCOCc1ccccc1. The third kappa shape index (κ3) is 5.43. The zero-order chi connectivity index (χ0) is 13.4. The number of rotatable bonds is 8. The van der Waals surface area contributed by atoms with Crippen LogP contribution in [0.3, 0.4) is 0 Å². The van der Waals surface area contributed by atoms with E-state index in [4.69, 9.17) is 10.5 Å². The molecule has 0 fully saturated rings. The Balaban J connectivity index is 2.11. The number of hydrogen-bond donors (Lipinski definition) is 1. The average molecular weight is 249 g/mol. The molecule has 18 heavy (non-hydrogen) atoms. The third-order valence-electron chi connectivity index (χ3n) is 2.91. The van der Waals surface area contributed by atoms with E-state index in [1.54, 1.807) is 0 Å². The topological polar surface area (TPSA) is 52.3 Å². The van der Waals surface area contributed by atoms with Crippen LogP contribution in [0.25, 0.3) is 0 Å². The molecule has 0 saturated carbocycles. The number of Topliss-reactive ketones (excluding diaryl/α,β-unsaturated/α-hetero) is 1. The van der Waals surface area contributed by atoms with Gasteiger partial charge in [-0.25, -0.2) is 0 Å². The molecule has 3 nitrogen and oxygen atoms in total. The van der Waals surface area contributed by atoms with Crippen molar-refractivity contribution in [3.8, 4) is 0 Å². The average Bonchev–Trinajstić information content (AvgIpc) is 2.38. The van der Waals surface area contributed by atoms with Crippen LogP contribution >= 0.6 is 0 Å². The molecule has 1 rings (SSSR count). The zero-order valence-corrected chi connectivity index (χ0v) is 11.3. The molecule has 100 valence electrons. The van der Waals surface area contributed by atoms with Crippen LogP contribution < -0.4 is 5.73 Å². The van der Waals surface area contributed by atoms with Gasteiger partial charge in [-0.2, -0.15) is 0 Å². The Labute approximate surface area is 109 Å². The third-order valence-corrected chi connectivity index (χ3v) is 2.91. The lowest BCUT2D eigenvalue weighted by Gasteiger charge is -2.13. The van der Waals surface area contributed by atoms with Crippen molar-refractivity contribution in [2.75, 3.05) is 6.61 Å². The highest BCUT2D eigenvalue weighted by molar-refractivity contribution is 5.83. The van der Waals surface area contributed by atoms with Gasteiger partial charge in [-0.05, 0) is 17.9 Å². The number of carbonyl (C=O) groups is 1. The lowest BCUT2D eigenvalue weighted by atomic mass is 9.98. The zero-order valence-electron chi connectivity index (χ0n) is 11.3. The Morgan fingerprint density at radius 2 is 1.94 bits per heavy atom. The summed E-state index contributed by atoms with van der Waals surface area (Å²) in [6, 6.07) is 9.68. The van der Waals surface area contributed by atoms with Crippen molar-refractivity contribution in [1.29, 1.82) is 0 Å². The van der Waals surface area contributed by atoms with Crippen molar-refractivity contribution in [2.24, 2.45) is 11.7 Å². The Morgan fingerprint density at radius 1 is 1.28 bits per heavy atom. The van der Waals surface area contributed by atoms with Crippen molar-refractivity contribution >= 4 is 5.78 Å². The first-order chi connectivity index (χ1) is 8.61. The highest BCUT2D eigenvalue weighted by atomic mass is 16.5. The maximum atomic E-state index is 11.6. The van der Waals surface area contributed by atoms with E-state index in [1.165, 1.54) is 0 Å². The van der Waals surface area contributed by atoms with E-state index in [0.717, 1.165) is 12.0 Å². The molecule has 1 atom stereocenters. The Bertz CT molecular complexity index is 349. The monoisotopic (exact) mass is 249 g/mol. The molecule has 0 aliphatic carbocycles. The molecule has 0 spiro atoms. The molecule has 1 aromatic carbocycles. The smallest absolute Gasteiger partial charge is 0.149 e. The van der Waals surface area contributed by atoms with Gasteiger partial charge in [-0.3, -0.25) is 4.79 Å². The van der Waals surface area contributed by atoms with Crippen molar-refractivity contribution in [1.82, 2.24) is 0 Å². The van der Waals surface area contributed by atoms with E-state index < -0.39 is 0 Å². The molecule has 0 aliphatic rings. The molecular formula is C15H23NO2. The Hall–Kier alpha value is -1.19. The number of ether oxygens (including phenoxy) is 1. The van der Waals surface area contributed by atoms with Crippen LogP contribution in [0.4, 0.5) is 0 Å². The molecule has 3 heteroatoms. The van der Waals surface area contributed by atoms with Crippen LogP contribution in [-0.2, 0) is 16.1 Å². The number of ketones is 1. The van der Waals surface area contributed by atoms with Crippen LogP contribution in [0.2, 0.25) is 0 Å². The molecule has 2 N–H and O–H groups in total. The first-order valence-electron chi connectivity index (χ1n) is 6.51. The maximum absolute atomic E-state index is 11.6. The fourth-order valence-corrected chi connectivity index (χ4v) is 1.65. The van der Waals surface area contributed by atoms with E-state index in [2.05, 4.69) is 0 Å². The maximum Gasteiger partial charge on any atom is 0.149 e. The van der Waals surface area contributed by atoms with Crippen LogP contribution in [-0.4, -0.2) is 18.4 Å². The molecule has 1 aromatic rings. The van der Waals surface area contributed by atoms with Gasteiger partial charge in [-0.15, -0.1) is 0 Å². The Kier molecular flexibility index (Phi) is 6.61. The quantitative estimate of drug-likeness (QED) is 0.720. The molecule has 0 saturated heterocycles. The van der Waals surface area contributed by atoms with Crippen molar-refractivity contribution in [3.63, 3.8) is 0 Å². The van der Waals surface area contributed by atoms with E-state index in [-0.39, 0.29) is 17.7 Å². The van der Waals surface area contributed by atoms with E-state index in [0.29, 0.717) is 19.6 Å². The van der Waals surface area contributed by atoms with Crippen LogP contribution in [0.1, 0.15) is 32.3 Å². The highest BCUT2D eigenvalue weighted by Gasteiger charge is 2.16. The number of nitrogens with two attached hydrogens (primary N) is 1. The van der Waals surface area contributed by atoms with Crippen molar-refractivity contribution in [3.05, 3.63) is 35.9 Å². The summed E-state index contributed by atoms with van der Waals surface area (Å²) in [4.78, 5) is 11.6. The highest BCUT2D eigenvalue weighted by Crippen LogP contribution is 2.05. The summed E-state index contributed by atoms with van der Waals surface area (Å²) < 4.78 is 5.52. The van der Waals surface area contributed by atoms with Gasteiger partial charge in [0.05, 0.1) is 12.6 Å². The second-order valence-corrected chi connectivity index (χ2v) is 4.88. The molecule has 0 amide bonds. The van der Waals surface area contributed by atoms with Gasteiger partial charge in [0.2, 0.25) is 0 Å². The lowest BCUT2D eigenvalue weighted by Crippen LogP contribution is -2.35. The van der Waals surface area contributed by atoms with Gasteiger partial charge in [0, 0.05) is 13.0 Å². The lowest BCUT2D eigenvalue weighted by molar-refractivity contribution is -0.121. The molecular weight excluding hydrogens is 226 g/mol. The summed E-state index contributed by atoms with van der Waals surface area (Å²) in [6.07, 6.45) is 1.25. The standard InChI is InChI=1S/C15H23NO2/c1-12(2)15(16)14(17)9-6-10-18-11-13-7-4-3-5-8-13/h3-5,7-8,12,15H,6,9-11,16H2,1-2H3/t15-/m1/s1. The van der Waals surface area contributed by atoms with E-state index >= 15 is 0 Å². The largest absolute Gasteiger partial charge is 0.377 e. The van der Waals surface area contributed by atoms with Gasteiger partial charge < -0.3 is 10.5 Å². The van der Waals surface area contributed by atoms with Gasteiger partial charge in [0.25, 0.3) is 0 Å².